The van der Waals surface area contributed by atoms with Crippen molar-refractivity contribution in [3.05, 3.63) is 47.5 Å². The van der Waals surface area contributed by atoms with Crippen molar-refractivity contribution < 1.29 is 41.7 Å². The second kappa shape index (κ2) is 10.7. The van der Waals surface area contributed by atoms with Crippen molar-refractivity contribution in [1.82, 2.24) is 0 Å². The van der Waals surface area contributed by atoms with Crippen LogP contribution in [0.3, 0.4) is 0 Å². The van der Waals surface area contributed by atoms with Gasteiger partial charge in [-0.15, -0.1) is 0 Å². The average molecular weight is 480 g/mol. The van der Waals surface area contributed by atoms with Gasteiger partial charge in [0.15, 0.2) is 11.5 Å². The number of sulfonamides is 1. The smallest absolute Gasteiger partial charge is 0.337 e. The molecule has 0 aliphatic rings. The maximum Gasteiger partial charge on any atom is 0.337 e. The summed E-state index contributed by atoms with van der Waals surface area (Å²) < 4.78 is 45.3. The van der Waals surface area contributed by atoms with Gasteiger partial charge >= 0.3 is 11.9 Å². The lowest BCUT2D eigenvalue weighted by molar-refractivity contribution is -0.114. The Morgan fingerprint density at radius 1 is 0.848 bits per heavy atom. The summed E-state index contributed by atoms with van der Waals surface area (Å²) in [5, 5.41) is 2.49. The predicted octanol–water partition coefficient (Wildman–Crippen LogP) is 1.68. The highest BCUT2D eigenvalue weighted by atomic mass is 32.2. The van der Waals surface area contributed by atoms with Crippen LogP contribution in [0.4, 0.5) is 11.4 Å². The third-order valence-corrected chi connectivity index (χ3v) is 5.54. The summed E-state index contributed by atoms with van der Waals surface area (Å²) in [5.41, 5.74) is 0.235. The second-order valence-corrected chi connectivity index (χ2v) is 8.55. The van der Waals surface area contributed by atoms with E-state index in [0.717, 1.165) is 10.6 Å². The van der Waals surface area contributed by atoms with Crippen LogP contribution in [0.5, 0.6) is 11.5 Å². The normalized spacial score (nSPS) is 10.7. The van der Waals surface area contributed by atoms with Crippen molar-refractivity contribution in [2.24, 2.45) is 0 Å². The highest BCUT2D eigenvalue weighted by Crippen LogP contribution is 2.32. The van der Waals surface area contributed by atoms with Gasteiger partial charge in [-0.25, -0.2) is 18.0 Å². The van der Waals surface area contributed by atoms with Crippen LogP contribution < -0.4 is 19.1 Å². The quantitative estimate of drug-likeness (QED) is 0.531. The number of anilines is 2. The lowest BCUT2D eigenvalue weighted by Crippen LogP contribution is -2.37. The predicted molar refractivity (Wildman–Crippen MR) is 119 cm³/mol. The number of nitrogens with one attached hydrogen (secondary N) is 1. The number of ether oxygens (including phenoxy) is 4. The molecule has 178 valence electrons. The van der Waals surface area contributed by atoms with E-state index in [1.807, 2.05) is 0 Å². The van der Waals surface area contributed by atoms with Gasteiger partial charge in [0.25, 0.3) is 0 Å². The second-order valence-electron chi connectivity index (χ2n) is 6.64. The molecule has 1 amide bonds. The number of carbonyl (C=O) groups is 3. The Bertz CT molecular complexity index is 1130. The van der Waals surface area contributed by atoms with Crippen LogP contribution in [-0.4, -0.2) is 67.5 Å². The van der Waals surface area contributed by atoms with Gasteiger partial charge in [0.05, 0.1) is 51.5 Å². The van der Waals surface area contributed by atoms with E-state index < -0.39 is 34.4 Å². The third-order valence-electron chi connectivity index (χ3n) is 4.40. The average Bonchev–Trinajstić information content (AvgIpc) is 2.79. The van der Waals surface area contributed by atoms with Gasteiger partial charge in [-0.3, -0.25) is 9.10 Å². The molecule has 2 aromatic rings. The van der Waals surface area contributed by atoms with E-state index in [9.17, 15) is 22.8 Å². The zero-order valence-corrected chi connectivity index (χ0v) is 19.5. The van der Waals surface area contributed by atoms with E-state index in [1.165, 1.54) is 64.8 Å². The fourth-order valence-corrected chi connectivity index (χ4v) is 3.73. The molecule has 0 bridgehead atoms. The molecule has 0 saturated carbocycles. The Hall–Kier alpha value is -3.80. The van der Waals surface area contributed by atoms with E-state index in [2.05, 4.69) is 14.8 Å². The molecule has 0 fully saturated rings. The monoisotopic (exact) mass is 480 g/mol. The lowest BCUT2D eigenvalue weighted by atomic mass is 10.1. The number of rotatable bonds is 9. The summed E-state index contributed by atoms with van der Waals surface area (Å²) in [7, 11) is 1.29. The van der Waals surface area contributed by atoms with Crippen LogP contribution in [0.15, 0.2) is 36.4 Å². The first-order chi connectivity index (χ1) is 15.5. The highest BCUT2D eigenvalue weighted by molar-refractivity contribution is 7.92. The molecule has 1 N–H and O–H groups in total. The van der Waals surface area contributed by atoms with Crippen LogP contribution in [0.2, 0.25) is 0 Å². The number of carbonyl (C=O) groups excluding carboxylic acids is 3. The molecular formula is C21H24N2O9S. The third kappa shape index (κ3) is 6.35. The molecule has 0 unspecified atom stereocenters. The zero-order chi connectivity index (χ0) is 24.8. The molecule has 2 aromatic carbocycles. The first kappa shape index (κ1) is 25.5. The molecule has 33 heavy (non-hydrogen) atoms. The van der Waals surface area contributed by atoms with Crippen LogP contribution in [0.1, 0.15) is 20.7 Å². The van der Waals surface area contributed by atoms with E-state index in [-0.39, 0.29) is 28.3 Å². The Balaban J connectivity index is 2.37. The summed E-state index contributed by atoms with van der Waals surface area (Å²) in [6.07, 6.45) is 0.949. The van der Waals surface area contributed by atoms with Gasteiger partial charge in [0, 0.05) is 11.8 Å². The molecule has 2 rings (SSSR count). The Morgan fingerprint density at radius 2 is 1.39 bits per heavy atom. The summed E-state index contributed by atoms with van der Waals surface area (Å²) >= 11 is 0. The molecule has 11 nitrogen and oxygen atoms in total. The molecule has 0 heterocycles. The molecule has 0 aliphatic carbocycles. The van der Waals surface area contributed by atoms with Crippen LogP contribution in [-0.2, 0) is 24.3 Å². The minimum absolute atomic E-state index is 0.00411. The van der Waals surface area contributed by atoms with Crippen molar-refractivity contribution in [1.29, 1.82) is 0 Å². The molecule has 0 aromatic heterocycles. The lowest BCUT2D eigenvalue weighted by Gasteiger charge is -2.23. The molecule has 0 saturated heterocycles. The van der Waals surface area contributed by atoms with Crippen LogP contribution >= 0.6 is 0 Å². The minimum atomic E-state index is -3.87. The first-order valence-electron chi connectivity index (χ1n) is 9.35. The van der Waals surface area contributed by atoms with Crippen molar-refractivity contribution in [2.45, 2.75) is 0 Å². The van der Waals surface area contributed by atoms with Crippen molar-refractivity contribution in [2.75, 3.05) is 50.9 Å². The van der Waals surface area contributed by atoms with E-state index in [4.69, 9.17) is 9.47 Å². The fourth-order valence-electron chi connectivity index (χ4n) is 2.88. The van der Waals surface area contributed by atoms with Gasteiger partial charge in [-0.2, -0.15) is 0 Å². The molecular weight excluding hydrogens is 456 g/mol. The van der Waals surface area contributed by atoms with Gasteiger partial charge in [-0.05, 0) is 30.3 Å². The molecule has 0 aliphatic heterocycles. The van der Waals surface area contributed by atoms with Crippen LogP contribution in [0, 0.1) is 0 Å². The Morgan fingerprint density at radius 3 is 1.85 bits per heavy atom. The first-order valence-corrected chi connectivity index (χ1v) is 11.2. The maximum atomic E-state index is 12.7. The van der Waals surface area contributed by atoms with Crippen molar-refractivity contribution in [3.63, 3.8) is 0 Å². The Labute approximate surface area is 191 Å². The van der Waals surface area contributed by atoms with Gasteiger partial charge in [-0.1, -0.05) is 0 Å². The minimum Gasteiger partial charge on any atom is -0.493 e. The number of esters is 2. The zero-order valence-electron chi connectivity index (χ0n) is 18.7. The van der Waals surface area contributed by atoms with Gasteiger partial charge < -0.3 is 24.3 Å². The molecule has 0 atom stereocenters. The highest BCUT2D eigenvalue weighted by Gasteiger charge is 2.23. The summed E-state index contributed by atoms with van der Waals surface area (Å²) in [6.45, 7) is -0.593. The SMILES string of the molecule is COC(=O)c1cc(NC(=O)CN(c2ccc(OC)c(OC)c2)S(C)(=O)=O)cc(C(=O)OC)c1. The number of nitrogens with zero attached hydrogens (tertiary/aromatic N) is 1. The maximum absolute atomic E-state index is 12.7. The number of hydrogen-bond acceptors (Lipinski definition) is 9. The standard InChI is InChI=1S/C21H24N2O9S/c1-29-17-7-6-16(11-18(17)30-2)23(33(5,27)28)12-19(24)22-15-9-13(20(25)31-3)8-14(10-15)21(26)32-4/h6-11H,12H2,1-5H3,(H,22,24). The summed E-state index contributed by atoms with van der Waals surface area (Å²) in [6, 6.07) is 8.21. The van der Waals surface area contributed by atoms with Gasteiger partial charge in [0.2, 0.25) is 15.9 Å². The fraction of sp³-hybridized carbons (Fsp3) is 0.286. The Kier molecular flexibility index (Phi) is 8.24. The summed E-state index contributed by atoms with van der Waals surface area (Å²) in [4.78, 5) is 36.6. The van der Waals surface area contributed by atoms with Crippen molar-refractivity contribution in [3.8, 4) is 11.5 Å². The van der Waals surface area contributed by atoms with E-state index in [0.29, 0.717) is 5.75 Å². The largest absolute Gasteiger partial charge is 0.493 e. The van der Waals surface area contributed by atoms with E-state index in [1.54, 1.807) is 0 Å². The summed E-state index contributed by atoms with van der Waals surface area (Å²) in [5.74, 6) is -1.54. The number of methoxy groups -OCH3 is 4. The molecule has 0 radical (unpaired) electrons. The van der Waals surface area contributed by atoms with E-state index >= 15 is 0 Å². The molecule has 12 heteroatoms. The van der Waals surface area contributed by atoms with Crippen molar-refractivity contribution >= 4 is 39.2 Å². The van der Waals surface area contributed by atoms with Crippen LogP contribution in [0.25, 0.3) is 0 Å². The number of amides is 1. The topological polar surface area (TPSA) is 138 Å². The number of benzene rings is 2. The van der Waals surface area contributed by atoms with Gasteiger partial charge in [0.1, 0.15) is 6.54 Å². The number of hydrogen-bond donors (Lipinski definition) is 1. The molecule has 0 spiro atoms.